The Hall–Kier alpha value is -6.55. The van der Waals surface area contributed by atoms with Gasteiger partial charge in [-0.15, -0.1) is 0 Å². The van der Waals surface area contributed by atoms with Gasteiger partial charge in [-0.25, -0.2) is 19.6 Å². The minimum absolute atomic E-state index is 0.198. The Kier molecular flexibility index (Phi) is 12.1. The van der Waals surface area contributed by atoms with E-state index < -0.39 is 30.4 Å². The predicted octanol–water partition coefficient (Wildman–Crippen LogP) is 5.49. The summed E-state index contributed by atoms with van der Waals surface area (Å²) < 4.78 is 10.1. The van der Waals surface area contributed by atoms with Crippen molar-refractivity contribution in [2.75, 3.05) is 27.3 Å². The Labute approximate surface area is 335 Å². The van der Waals surface area contributed by atoms with Crippen LogP contribution in [0.1, 0.15) is 61.9 Å². The van der Waals surface area contributed by atoms with Crippen molar-refractivity contribution in [3.05, 3.63) is 103 Å². The highest BCUT2D eigenvalue weighted by molar-refractivity contribution is 5.87. The molecule has 302 valence electrons. The van der Waals surface area contributed by atoms with E-state index in [0.29, 0.717) is 31.2 Å². The number of hydrogen-bond acceptors (Lipinski definition) is 9. The lowest BCUT2D eigenvalue weighted by Gasteiger charge is -2.30. The number of carbonyl (C=O) groups excluding carboxylic acids is 3. The van der Waals surface area contributed by atoms with Crippen LogP contribution in [0.3, 0.4) is 0 Å². The second-order valence-corrected chi connectivity index (χ2v) is 14.5. The summed E-state index contributed by atoms with van der Waals surface area (Å²) in [5, 5.41) is 14.5. The number of nitrogens with one attached hydrogen (secondary N) is 4. The molecule has 5 N–H and O–H groups in total. The van der Waals surface area contributed by atoms with Crippen molar-refractivity contribution >= 4 is 24.0 Å². The number of hydrogen-bond donors (Lipinski definition) is 5. The number of carboxylic acid groups (broad SMARTS) is 1. The molecule has 4 amide bonds. The van der Waals surface area contributed by atoms with Crippen LogP contribution in [0.2, 0.25) is 0 Å². The van der Waals surface area contributed by atoms with Gasteiger partial charge in [-0.05, 0) is 66.5 Å². The summed E-state index contributed by atoms with van der Waals surface area (Å²) in [5.41, 5.74) is 6.34. The summed E-state index contributed by atoms with van der Waals surface area (Å²) in [6.45, 7) is 2.77. The molecule has 5 heterocycles. The first-order chi connectivity index (χ1) is 28.1. The van der Waals surface area contributed by atoms with Gasteiger partial charge in [-0.2, -0.15) is 0 Å². The molecule has 5 atom stereocenters. The maximum absolute atomic E-state index is 13.7. The van der Waals surface area contributed by atoms with Crippen molar-refractivity contribution in [3.8, 4) is 33.6 Å². The van der Waals surface area contributed by atoms with Crippen LogP contribution in [0.25, 0.3) is 33.6 Å². The van der Waals surface area contributed by atoms with E-state index in [1.54, 1.807) is 47.6 Å². The van der Waals surface area contributed by atoms with Gasteiger partial charge in [0.25, 0.3) is 0 Å². The molecule has 2 saturated heterocycles. The molecular formula is C42H47N9O7. The van der Waals surface area contributed by atoms with Crippen molar-refractivity contribution in [2.45, 2.75) is 69.3 Å². The van der Waals surface area contributed by atoms with Crippen LogP contribution in [0.15, 0.2) is 85.5 Å². The van der Waals surface area contributed by atoms with Crippen LogP contribution in [-0.4, -0.2) is 109 Å². The zero-order valence-electron chi connectivity index (χ0n) is 32.6. The molecule has 2 aliphatic heterocycles. The van der Waals surface area contributed by atoms with Crippen molar-refractivity contribution in [3.63, 3.8) is 0 Å². The second-order valence-electron chi connectivity index (χ2n) is 14.5. The van der Waals surface area contributed by atoms with Gasteiger partial charge >= 0.3 is 12.2 Å². The number of pyridine rings is 1. The molecule has 2 aliphatic rings. The number of likely N-dealkylation sites (tertiary alicyclic amines) is 2. The van der Waals surface area contributed by atoms with Crippen LogP contribution in [-0.2, 0) is 25.5 Å². The lowest BCUT2D eigenvalue weighted by molar-refractivity contribution is -0.137. The SMILES string of the molecule is COC(=O)N[C@H](C(=O)N1CCC[C@H]1c1ncc(-c2ccc(-c3ccc(-c4cnc([C@@H]5CCCN5C(=O)[C@H](Cc5cccnc5)NC(=O)O)[nH]4)cc3)cc2)[nH]1)[C@@H](C)OC. The minimum atomic E-state index is -1.26. The quantitative estimate of drug-likeness (QED) is 0.101. The van der Waals surface area contributed by atoms with Crippen LogP contribution < -0.4 is 10.6 Å². The van der Waals surface area contributed by atoms with Crippen LogP contribution in [0, 0.1) is 0 Å². The monoisotopic (exact) mass is 789 g/mol. The van der Waals surface area contributed by atoms with E-state index in [1.807, 2.05) is 54.6 Å². The van der Waals surface area contributed by atoms with E-state index in [0.717, 1.165) is 58.5 Å². The Morgan fingerprint density at radius 1 is 0.776 bits per heavy atom. The zero-order chi connectivity index (χ0) is 40.8. The molecular weight excluding hydrogens is 743 g/mol. The smallest absolute Gasteiger partial charge is 0.407 e. The van der Waals surface area contributed by atoms with Gasteiger partial charge in [0.1, 0.15) is 23.7 Å². The molecule has 2 fully saturated rings. The molecule has 0 radical (unpaired) electrons. The highest BCUT2D eigenvalue weighted by Crippen LogP contribution is 2.35. The number of benzene rings is 2. The molecule has 3 aromatic heterocycles. The molecule has 2 aromatic carbocycles. The molecule has 0 spiro atoms. The summed E-state index contributed by atoms with van der Waals surface area (Å²) in [6.07, 6.45) is 7.51. The van der Waals surface area contributed by atoms with Gasteiger partial charge in [-0.3, -0.25) is 14.6 Å². The first kappa shape index (κ1) is 39.7. The molecule has 0 unspecified atom stereocenters. The molecule has 0 bridgehead atoms. The third-order valence-corrected chi connectivity index (χ3v) is 10.9. The lowest BCUT2D eigenvalue weighted by Crippen LogP contribution is -2.54. The molecule has 16 heteroatoms. The van der Waals surface area contributed by atoms with E-state index in [9.17, 15) is 24.3 Å². The topological polar surface area (TPSA) is 208 Å². The number of alkyl carbamates (subject to hydrolysis) is 1. The van der Waals surface area contributed by atoms with Gasteiger partial charge in [0.05, 0.1) is 49.1 Å². The fraction of sp³-hybridized carbons (Fsp3) is 0.357. The molecule has 7 rings (SSSR count). The maximum Gasteiger partial charge on any atom is 0.407 e. The van der Waals surface area contributed by atoms with E-state index in [4.69, 9.17) is 9.47 Å². The van der Waals surface area contributed by atoms with E-state index in [2.05, 4.69) is 35.6 Å². The van der Waals surface area contributed by atoms with E-state index >= 15 is 0 Å². The van der Waals surface area contributed by atoms with Gasteiger partial charge in [0.2, 0.25) is 11.8 Å². The van der Waals surface area contributed by atoms with Gasteiger partial charge in [-0.1, -0.05) is 54.6 Å². The summed E-state index contributed by atoms with van der Waals surface area (Å²) in [6, 6.07) is 17.4. The maximum atomic E-state index is 13.7. The van der Waals surface area contributed by atoms with Crippen molar-refractivity contribution in [1.29, 1.82) is 0 Å². The van der Waals surface area contributed by atoms with Crippen molar-refractivity contribution < 1.29 is 33.8 Å². The lowest BCUT2D eigenvalue weighted by atomic mass is 10.0. The third kappa shape index (κ3) is 8.71. The van der Waals surface area contributed by atoms with Gasteiger partial charge in [0, 0.05) is 39.0 Å². The number of amides is 4. The molecule has 0 aliphatic carbocycles. The average Bonchev–Trinajstić information content (AvgIpc) is 4.09. The summed E-state index contributed by atoms with van der Waals surface area (Å²) in [4.78, 5) is 74.6. The summed E-state index contributed by atoms with van der Waals surface area (Å²) in [7, 11) is 2.75. The van der Waals surface area contributed by atoms with E-state index in [1.165, 1.54) is 14.2 Å². The fourth-order valence-corrected chi connectivity index (χ4v) is 7.80. The summed E-state index contributed by atoms with van der Waals surface area (Å²) in [5.74, 6) is 0.789. The number of rotatable bonds is 13. The van der Waals surface area contributed by atoms with E-state index in [-0.39, 0.29) is 30.3 Å². The Bertz CT molecular complexity index is 2210. The number of imidazole rings is 2. The van der Waals surface area contributed by atoms with Gasteiger partial charge < -0.3 is 45.0 Å². The fourth-order valence-electron chi connectivity index (χ4n) is 7.80. The van der Waals surface area contributed by atoms with Crippen molar-refractivity contribution in [2.24, 2.45) is 0 Å². The molecule has 16 nitrogen and oxygen atoms in total. The first-order valence-electron chi connectivity index (χ1n) is 19.3. The number of methoxy groups -OCH3 is 2. The average molecular weight is 790 g/mol. The normalized spacial score (nSPS) is 18.1. The number of ether oxygens (including phenoxy) is 2. The second kappa shape index (κ2) is 17.7. The number of aromatic amines is 2. The number of nitrogens with zero attached hydrogens (tertiary/aromatic N) is 5. The predicted molar refractivity (Wildman–Crippen MR) is 213 cm³/mol. The van der Waals surface area contributed by atoms with Crippen LogP contribution in [0.5, 0.6) is 0 Å². The van der Waals surface area contributed by atoms with Crippen LogP contribution >= 0.6 is 0 Å². The largest absolute Gasteiger partial charge is 0.465 e. The molecule has 5 aromatic rings. The van der Waals surface area contributed by atoms with Crippen LogP contribution in [0.4, 0.5) is 9.59 Å². The Morgan fingerprint density at radius 2 is 1.31 bits per heavy atom. The van der Waals surface area contributed by atoms with Gasteiger partial charge in [0.15, 0.2) is 0 Å². The first-order valence-corrected chi connectivity index (χ1v) is 19.3. The number of H-pyrrole nitrogens is 2. The standard InChI is InChI=1S/C42H47N9O7/c1-25(57-2)36(49-42(56)58-3)40(53)51-20-6-9-35(51)38-45-24-33(47-38)30-16-12-28(13-17-30)27-10-14-29(15-11-27)32-23-44-37(46-32)34-8-5-19-50(34)39(52)31(48-41(54)55)21-26-7-4-18-43-22-26/h4,7,10-18,22-25,31,34-36,48H,5-6,8-9,19-21H2,1-3H3,(H,44,46)(H,45,47)(H,49,56)(H,54,55)/t25-,31+,34+,35+,36+/m1/s1. The zero-order valence-corrected chi connectivity index (χ0v) is 32.6. The van der Waals surface area contributed by atoms with Crippen molar-refractivity contribution in [1.82, 2.24) is 45.4 Å². The number of aromatic nitrogens is 5. The highest BCUT2D eigenvalue weighted by Gasteiger charge is 2.39. The Morgan fingerprint density at radius 3 is 1.79 bits per heavy atom. The molecule has 58 heavy (non-hydrogen) atoms. The minimum Gasteiger partial charge on any atom is -0.465 e. The number of carbonyl (C=O) groups is 4. The molecule has 0 saturated carbocycles. The summed E-state index contributed by atoms with van der Waals surface area (Å²) >= 11 is 0. The Balaban J connectivity index is 0.999. The third-order valence-electron chi connectivity index (χ3n) is 10.9. The highest BCUT2D eigenvalue weighted by atomic mass is 16.5.